The monoisotopic (exact) mass is 470 g/mol. The Morgan fingerprint density at radius 1 is 1.12 bits per heavy atom. The molecule has 32 heavy (non-hydrogen) atoms. The van der Waals surface area contributed by atoms with Crippen LogP contribution in [0.3, 0.4) is 0 Å². The van der Waals surface area contributed by atoms with Crippen LogP contribution in [0.15, 0.2) is 71.3 Å². The number of sulfone groups is 1. The second-order valence-electron chi connectivity index (χ2n) is 7.14. The predicted molar refractivity (Wildman–Crippen MR) is 125 cm³/mol. The molecule has 4 rings (SSSR count). The minimum absolute atomic E-state index is 0.0881. The first-order valence-electron chi connectivity index (χ1n) is 10.0. The molecule has 0 aliphatic carbocycles. The number of carbonyl (C=O) groups excluding carboxylic acids is 1. The molecule has 0 spiro atoms. The minimum atomic E-state index is -3.67. The van der Waals surface area contributed by atoms with Crippen molar-refractivity contribution < 1.29 is 22.4 Å². The third kappa shape index (κ3) is 5.35. The van der Waals surface area contributed by atoms with E-state index in [1.807, 2.05) is 31.2 Å². The zero-order chi connectivity index (χ0) is 22.6. The molecule has 7 nitrogen and oxygen atoms in total. The van der Waals surface area contributed by atoms with Crippen LogP contribution in [0.25, 0.3) is 10.2 Å². The summed E-state index contributed by atoms with van der Waals surface area (Å²) in [7, 11) is -3.67. The van der Waals surface area contributed by atoms with Gasteiger partial charge in [-0.3, -0.25) is 9.69 Å². The molecule has 4 aromatic rings. The highest BCUT2D eigenvalue weighted by atomic mass is 32.2. The van der Waals surface area contributed by atoms with Crippen molar-refractivity contribution in [3.63, 3.8) is 0 Å². The lowest BCUT2D eigenvalue weighted by molar-refractivity contribution is -0.116. The Morgan fingerprint density at radius 2 is 1.94 bits per heavy atom. The Labute approximate surface area is 190 Å². The fourth-order valence-corrected chi connectivity index (χ4v) is 5.58. The summed E-state index contributed by atoms with van der Waals surface area (Å²) in [6, 6.07) is 17.8. The molecule has 2 heterocycles. The summed E-state index contributed by atoms with van der Waals surface area (Å²) >= 11 is 1.30. The molecular weight excluding hydrogens is 448 g/mol. The van der Waals surface area contributed by atoms with E-state index < -0.39 is 21.5 Å². The first kappa shape index (κ1) is 22.0. The Kier molecular flexibility index (Phi) is 6.57. The van der Waals surface area contributed by atoms with Crippen LogP contribution in [0.5, 0.6) is 5.75 Å². The van der Waals surface area contributed by atoms with Gasteiger partial charge in [-0.25, -0.2) is 13.4 Å². The van der Waals surface area contributed by atoms with Crippen LogP contribution >= 0.6 is 11.3 Å². The van der Waals surface area contributed by atoms with E-state index in [0.29, 0.717) is 34.3 Å². The van der Waals surface area contributed by atoms with Crippen molar-refractivity contribution in [3.05, 3.63) is 78.3 Å². The number of benzene rings is 2. The van der Waals surface area contributed by atoms with Crippen LogP contribution in [0.1, 0.15) is 18.2 Å². The summed E-state index contributed by atoms with van der Waals surface area (Å²) in [5, 5.41) is 0.407. The van der Waals surface area contributed by atoms with Gasteiger partial charge in [0.1, 0.15) is 17.3 Å². The molecule has 1 amide bonds. The first-order chi connectivity index (χ1) is 15.4. The van der Waals surface area contributed by atoms with Crippen molar-refractivity contribution in [2.75, 3.05) is 17.3 Å². The normalized spacial score (nSPS) is 11.5. The number of rotatable bonds is 9. The number of thiazole rings is 1. The number of carbonyl (C=O) groups is 1. The summed E-state index contributed by atoms with van der Waals surface area (Å²) < 4.78 is 37.3. The third-order valence-electron chi connectivity index (χ3n) is 4.66. The van der Waals surface area contributed by atoms with E-state index in [1.165, 1.54) is 22.5 Å². The smallest absolute Gasteiger partial charge is 0.244 e. The molecule has 0 N–H and O–H groups in total. The second-order valence-corrected chi connectivity index (χ2v) is 10.2. The van der Waals surface area contributed by atoms with Gasteiger partial charge >= 0.3 is 0 Å². The Morgan fingerprint density at radius 3 is 2.66 bits per heavy atom. The molecule has 2 aromatic carbocycles. The van der Waals surface area contributed by atoms with Crippen LogP contribution in [0.2, 0.25) is 0 Å². The fraction of sp³-hybridized carbons (Fsp3) is 0.217. The van der Waals surface area contributed by atoms with Gasteiger partial charge in [0.25, 0.3) is 0 Å². The molecule has 0 unspecified atom stereocenters. The van der Waals surface area contributed by atoms with Crippen molar-refractivity contribution in [2.24, 2.45) is 0 Å². The minimum Gasteiger partial charge on any atom is -0.494 e. The van der Waals surface area contributed by atoms with Gasteiger partial charge in [-0.15, -0.1) is 0 Å². The Hall–Kier alpha value is -3.17. The maximum atomic E-state index is 13.2. The fourth-order valence-electron chi connectivity index (χ4n) is 3.23. The van der Waals surface area contributed by atoms with Crippen molar-refractivity contribution in [1.29, 1.82) is 0 Å². The molecule has 0 atom stereocenters. The molecule has 0 aliphatic rings. The maximum absolute atomic E-state index is 13.2. The van der Waals surface area contributed by atoms with Crippen LogP contribution in [-0.4, -0.2) is 31.7 Å². The lowest BCUT2D eigenvalue weighted by Gasteiger charge is -2.18. The number of anilines is 1. The molecule has 0 radical (unpaired) electrons. The number of aromatic nitrogens is 1. The molecule has 2 aromatic heterocycles. The van der Waals surface area contributed by atoms with Crippen molar-refractivity contribution in [1.82, 2.24) is 4.98 Å². The molecule has 0 fully saturated rings. The molecule has 0 aliphatic heterocycles. The first-order valence-corrected chi connectivity index (χ1v) is 12.7. The standard InChI is InChI=1S/C23H22N2O5S2/c1-2-29-18-10-11-20-21(13-18)31-23(24-20)25(14-19-9-6-12-30-19)22(26)16-32(27,28)15-17-7-4-3-5-8-17/h3-13H,2,14-16H2,1H3. The highest BCUT2D eigenvalue weighted by Gasteiger charge is 2.26. The molecular formula is C23H22N2O5S2. The van der Waals surface area contributed by atoms with Crippen molar-refractivity contribution in [3.8, 4) is 5.75 Å². The summed E-state index contributed by atoms with van der Waals surface area (Å²) in [4.78, 5) is 19.1. The lowest BCUT2D eigenvalue weighted by Crippen LogP contribution is -2.35. The summed E-state index contributed by atoms with van der Waals surface area (Å²) in [5.74, 6) is -0.131. The van der Waals surface area contributed by atoms with Gasteiger partial charge in [0, 0.05) is 0 Å². The average Bonchev–Trinajstić information content (AvgIpc) is 3.41. The summed E-state index contributed by atoms with van der Waals surface area (Å²) in [6.07, 6.45) is 1.51. The van der Waals surface area contributed by atoms with Crippen LogP contribution < -0.4 is 9.64 Å². The van der Waals surface area contributed by atoms with E-state index in [2.05, 4.69) is 4.98 Å². The lowest BCUT2D eigenvalue weighted by atomic mass is 10.2. The highest BCUT2D eigenvalue weighted by molar-refractivity contribution is 7.91. The van der Waals surface area contributed by atoms with Gasteiger partial charge in [-0.2, -0.15) is 0 Å². The molecule has 0 saturated carbocycles. The number of hydrogen-bond acceptors (Lipinski definition) is 7. The molecule has 0 bridgehead atoms. The Bertz CT molecular complexity index is 1300. The summed E-state index contributed by atoms with van der Waals surface area (Å²) in [5.41, 5.74) is 1.35. The van der Waals surface area contributed by atoms with E-state index in [-0.39, 0.29) is 12.3 Å². The van der Waals surface area contributed by atoms with Gasteiger partial charge < -0.3 is 9.15 Å². The Balaban J connectivity index is 1.61. The predicted octanol–water partition coefficient (Wildman–Crippen LogP) is 4.44. The third-order valence-corrected chi connectivity index (χ3v) is 7.16. The van der Waals surface area contributed by atoms with E-state index in [9.17, 15) is 13.2 Å². The number of nitrogens with zero attached hydrogens (tertiary/aromatic N) is 2. The number of amides is 1. The van der Waals surface area contributed by atoms with Crippen molar-refractivity contribution >= 4 is 42.4 Å². The van der Waals surface area contributed by atoms with Gasteiger partial charge in [0.15, 0.2) is 15.0 Å². The highest BCUT2D eigenvalue weighted by Crippen LogP contribution is 2.32. The summed E-state index contributed by atoms with van der Waals surface area (Å²) in [6.45, 7) is 2.53. The van der Waals surface area contributed by atoms with Crippen LogP contribution in [0.4, 0.5) is 5.13 Å². The van der Waals surface area contributed by atoms with E-state index >= 15 is 0 Å². The van der Waals surface area contributed by atoms with Crippen LogP contribution in [-0.2, 0) is 26.9 Å². The SMILES string of the molecule is CCOc1ccc2nc(N(Cc3ccco3)C(=O)CS(=O)(=O)Cc3ccccc3)sc2c1. The van der Waals surface area contributed by atoms with Crippen LogP contribution in [0, 0.1) is 0 Å². The maximum Gasteiger partial charge on any atom is 0.244 e. The van der Waals surface area contributed by atoms with E-state index in [1.54, 1.807) is 36.4 Å². The van der Waals surface area contributed by atoms with E-state index in [0.717, 1.165) is 4.70 Å². The number of ether oxygens (including phenoxy) is 1. The molecule has 0 saturated heterocycles. The second kappa shape index (κ2) is 9.54. The molecule has 166 valence electrons. The number of hydrogen-bond donors (Lipinski definition) is 0. The zero-order valence-electron chi connectivity index (χ0n) is 17.4. The number of furan rings is 1. The van der Waals surface area contributed by atoms with E-state index in [4.69, 9.17) is 9.15 Å². The quantitative estimate of drug-likeness (QED) is 0.359. The van der Waals surface area contributed by atoms with Gasteiger partial charge in [0.05, 0.1) is 35.4 Å². The van der Waals surface area contributed by atoms with Gasteiger partial charge in [0.2, 0.25) is 5.91 Å². The average molecular weight is 471 g/mol. The largest absolute Gasteiger partial charge is 0.494 e. The zero-order valence-corrected chi connectivity index (χ0v) is 19.1. The van der Waals surface area contributed by atoms with Gasteiger partial charge in [-0.05, 0) is 42.8 Å². The van der Waals surface area contributed by atoms with Gasteiger partial charge in [-0.1, -0.05) is 41.7 Å². The van der Waals surface area contributed by atoms with Crippen molar-refractivity contribution in [2.45, 2.75) is 19.2 Å². The number of fused-ring (bicyclic) bond motifs is 1. The molecule has 9 heteroatoms. The topological polar surface area (TPSA) is 89.7 Å².